The highest BCUT2D eigenvalue weighted by molar-refractivity contribution is 5.91. The third-order valence-corrected chi connectivity index (χ3v) is 6.03. The van der Waals surface area contributed by atoms with Gasteiger partial charge in [-0.25, -0.2) is 0 Å². The van der Waals surface area contributed by atoms with Crippen molar-refractivity contribution < 1.29 is 4.79 Å². The van der Waals surface area contributed by atoms with Crippen LogP contribution in [0.3, 0.4) is 0 Å². The standard InChI is InChI=1S/C28H31N3O/c32-27(17-16-23-11-9-18-29-20-23)30-19-8-7-10-24-21-31(22-24)28(25-12-3-1-4-13-25)26-14-5-2-6-15-26/h1-6,9,11-18,20,24,28H,7-8,10,19,21-22H2,(H,30,32)/b17-16+. The lowest BCUT2D eigenvalue weighted by atomic mass is 9.88. The summed E-state index contributed by atoms with van der Waals surface area (Å²) >= 11 is 0. The number of likely N-dealkylation sites (tertiary alicyclic amines) is 1. The van der Waals surface area contributed by atoms with Crippen molar-refractivity contribution in [3.8, 4) is 0 Å². The smallest absolute Gasteiger partial charge is 0.243 e. The van der Waals surface area contributed by atoms with Crippen LogP contribution in [-0.2, 0) is 4.79 Å². The van der Waals surface area contributed by atoms with Gasteiger partial charge in [0.25, 0.3) is 0 Å². The number of benzene rings is 2. The first-order chi connectivity index (χ1) is 15.8. The van der Waals surface area contributed by atoms with E-state index in [1.54, 1.807) is 24.5 Å². The first-order valence-corrected chi connectivity index (χ1v) is 11.5. The lowest BCUT2D eigenvalue weighted by Crippen LogP contribution is -2.48. The zero-order chi connectivity index (χ0) is 22.0. The van der Waals surface area contributed by atoms with Gasteiger partial charge in [-0.05, 0) is 47.6 Å². The molecule has 1 aliphatic rings. The highest BCUT2D eigenvalue weighted by Crippen LogP contribution is 2.35. The SMILES string of the molecule is O=C(/C=C/c1cccnc1)NCCCCC1CN(C(c2ccccc2)c2ccccc2)C1. The van der Waals surface area contributed by atoms with Crippen LogP contribution in [0.4, 0.5) is 0 Å². The summed E-state index contributed by atoms with van der Waals surface area (Å²) in [6, 6.07) is 25.7. The van der Waals surface area contributed by atoms with Gasteiger partial charge in [0, 0.05) is 38.1 Å². The molecule has 1 N–H and O–H groups in total. The van der Waals surface area contributed by atoms with Gasteiger partial charge in [0.05, 0.1) is 6.04 Å². The molecule has 0 spiro atoms. The molecule has 0 aliphatic carbocycles. The van der Waals surface area contributed by atoms with E-state index < -0.39 is 0 Å². The second kappa shape index (κ2) is 11.4. The van der Waals surface area contributed by atoms with Gasteiger partial charge in [0.15, 0.2) is 0 Å². The summed E-state index contributed by atoms with van der Waals surface area (Å²) in [5.41, 5.74) is 3.65. The van der Waals surface area contributed by atoms with Crippen LogP contribution in [0.1, 0.15) is 42.0 Å². The van der Waals surface area contributed by atoms with Crippen molar-refractivity contribution in [2.75, 3.05) is 19.6 Å². The van der Waals surface area contributed by atoms with E-state index in [1.807, 2.05) is 12.1 Å². The molecule has 1 aromatic heterocycles. The van der Waals surface area contributed by atoms with E-state index in [1.165, 1.54) is 17.5 Å². The Labute approximate surface area is 191 Å². The minimum Gasteiger partial charge on any atom is -0.353 e. The highest BCUT2D eigenvalue weighted by Gasteiger charge is 2.33. The molecule has 4 heteroatoms. The molecule has 0 unspecified atom stereocenters. The van der Waals surface area contributed by atoms with Crippen molar-refractivity contribution in [1.29, 1.82) is 0 Å². The molecule has 0 radical (unpaired) electrons. The molecule has 1 amide bonds. The van der Waals surface area contributed by atoms with E-state index >= 15 is 0 Å². The summed E-state index contributed by atoms with van der Waals surface area (Å²) in [6.07, 6.45) is 10.2. The van der Waals surface area contributed by atoms with E-state index in [-0.39, 0.29) is 5.91 Å². The van der Waals surface area contributed by atoms with Crippen LogP contribution in [0.25, 0.3) is 6.08 Å². The first-order valence-electron chi connectivity index (χ1n) is 11.5. The number of aromatic nitrogens is 1. The number of pyridine rings is 1. The molecular formula is C28H31N3O. The number of carbonyl (C=O) groups is 1. The minimum absolute atomic E-state index is 0.0442. The van der Waals surface area contributed by atoms with E-state index in [0.717, 1.165) is 44.0 Å². The second-order valence-corrected chi connectivity index (χ2v) is 8.45. The normalized spacial score (nSPS) is 14.5. The molecule has 1 fully saturated rings. The summed E-state index contributed by atoms with van der Waals surface area (Å²) in [5.74, 6) is 0.698. The van der Waals surface area contributed by atoms with Gasteiger partial charge in [-0.3, -0.25) is 14.7 Å². The number of unbranched alkanes of at least 4 members (excludes halogenated alkanes) is 1. The van der Waals surface area contributed by atoms with Crippen LogP contribution in [0.15, 0.2) is 91.3 Å². The molecule has 3 aromatic rings. The second-order valence-electron chi connectivity index (χ2n) is 8.45. The fourth-order valence-corrected chi connectivity index (χ4v) is 4.36. The number of rotatable bonds is 10. The third-order valence-electron chi connectivity index (χ3n) is 6.03. The topological polar surface area (TPSA) is 45.2 Å². The molecule has 4 rings (SSSR count). The lowest BCUT2D eigenvalue weighted by Gasteiger charge is -2.45. The van der Waals surface area contributed by atoms with Crippen LogP contribution in [0, 0.1) is 5.92 Å². The molecule has 2 heterocycles. The van der Waals surface area contributed by atoms with Gasteiger partial charge in [0.2, 0.25) is 5.91 Å². The van der Waals surface area contributed by atoms with Crippen LogP contribution in [0.5, 0.6) is 0 Å². The molecular weight excluding hydrogens is 394 g/mol. The van der Waals surface area contributed by atoms with Crippen LogP contribution < -0.4 is 5.32 Å². The maximum Gasteiger partial charge on any atom is 0.243 e. The Hall–Kier alpha value is -3.24. The monoisotopic (exact) mass is 425 g/mol. The largest absolute Gasteiger partial charge is 0.353 e. The number of nitrogens with one attached hydrogen (secondary N) is 1. The molecule has 0 atom stereocenters. The average Bonchev–Trinajstić information content (AvgIpc) is 2.82. The Kier molecular flexibility index (Phi) is 7.83. The zero-order valence-corrected chi connectivity index (χ0v) is 18.4. The zero-order valence-electron chi connectivity index (χ0n) is 18.4. The summed E-state index contributed by atoms with van der Waals surface area (Å²) in [5, 5.41) is 2.98. The summed E-state index contributed by atoms with van der Waals surface area (Å²) in [6.45, 7) is 2.99. The fourth-order valence-electron chi connectivity index (χ4n) is 4.36. The first kappa shape index (κ1) is 22.0. The number of hydrogen-bond acceptors (Lipinski definition) is 3. The molecule has 1 aliphatic heterocycles. The number of amides is 1. The predicted octanol–water partition coefficient (Wildman–Crippen LogP) is 5.10. The van der Waals surface area contributed by atoms with Gasteiger partial charge < -0.3 is 5.32 Å². The van der Waals surface area contributed by atoms with Crippen LogP contribution >= 0.6 is 0 Å². The third kappa shape index (κ3) is 6.14. The molecule has 0 saturated carbocycles. The van der Waals surface area contributed by atoms with Crippen molar-refractivity contribution in [2.45, 2.75) is 25.3 Å². The van der Waals surface area contributed by atoms with Gasteiger partial charge in [-0.15, -0.1) is 0 Å². The Morgan fingerprint density at radius 3 is 2.28 bits per heavy atom. The molecule has 2 aromatic carbocycles. The Morgan fingerprint density at radius 1 is 0.969 bits per heavy atom. The summed E-state index contributed by atoms with van der Waals surface area (Å²) in [7, 11) is 0. The van der Waals surface area contributed by atoms with Gasteiger partial charge in [-0.1, -0.05) is 73.2 Å². The van der Waals surface area contributed by atoms with Gasteiger partial charge in [-0.2, -0.15) is 0 Å². The van der Waals surface area contributed by atoms with Crippen molar-refractivity contribution >= 4 is 12.0 Å². The predicted molar refractivity (Wildman–Crippen MR) is 130 cm³/mol. The Bertz CT molecular complexity index is 943. The lowest BCUT2D eigenvalue weighted by molar-refractivity contribution is -0.116. The Balaban J connectivity index is 1.17. The number of carbonyl (C=O) groups excluding carboxylic acids is 1. The van der Waals surface area contributed by atoms with Crippen molar-refractivity contribution in [3.63, 3.8) is 0 Å². The van der Waals surface area contributed by atoms with Crippen LogP contribution in [0.2, 0.25) is 0 Å². The average molecular weight is 426 g/mol. The van der Waals surface area contributed by atoms with E-state index in [0.29, 0.717) is 6.04 Å². The van der Waals surface area contributed by atoms with Crippen molar-refractivity contribution in [2.24, 2.45) is 5.92 Å². The number of hydrogen-bond donors (Lipinski definition) is 1. The van der Waals surface area contributed by atoms with E-state index in [9.17, 15) is 4.79 Å². The molecule has 1 saturated heterocycles. The van der Waals surface area contributed by atoms with Crippen LogP contribution in [-0.4, -0.2) is 35.4 Å². The molecule has 0 bridgehead atoms. The highest BCUT2D eigenvalue weighted by atomic mass is 16.1. The van der Waals surface area contributed by atoms with Gasteiger partial charge >= 0.3 is 0 Å². The van der Waals surface area contributed by atoms with Gasteiger partial charge in [0.1, 0.15) is 0 Å². The molecule has 32 heavy (non-hydrogen) atoms. The summed E-state index contributed by atoms with van der Waals surface area (Å²) in [4.78, 5) is 18.6. The van der Waals surface area contributed by atoms with Crippen molar-refractivity contribution in [1.82, 2.24) is 15.2 Å². The molecule has 4 nitrogen and oxygen atoms in total. The maximum atomic E-state index is 11.9. The van der Waals surface area contributed by atoms with Crippen molar-refractivity contribution in [3.05, 3.63) is 108 Å². The fraction of sp³-hybridized carbons (Fsp3) is 0.286. The maximum absolute atomic E-state index is 11.9. The number of nitrogens with zero attached hydrogens (tertiary/aromatic N) is 2. The Morgan fingerprint density at radius 2 is 1.66 bits per heavy atom. The van der Waals surface area contributed by atoms with E-state index in [2.05, 4.69) is 75.9 Å². The molecule has 164 valence electrons. The minimum atomic E-state index is -0.0442. The quantitative estimate of drug-likeness (QED) is 0.363. The summed E-state index contributed by atoms with van der Waals surface area (Å²) < 4.78 is 0. The van der Waals surface area contributed by atoms with E-state index in [4.69, 9.17) is 0 Å².